The Bertz CT molecular complexity index is 220. The topological polar surface area (TPSA) is 26.0 Å². The number of thiocarbonyl (C=S) groups is 1. The first kappa shape index (κ1) is 8.37. The van der Waals surface area contributed by atoms with Gasteiger partial charge in [-0.3, -0.25) is 0 Å². The van der Waals surface area contributed by atoms with Crippen molar-refractivity contribution in [2.75, 3.05) is 0 Å². The summed E-state index contributed by atoms with van der Waals surface area (Å²) in [6, 6.07) is 10.1. The zero-order valence-corrected chi connectivity index (χ0v) is 7.05. The second-order valence-electron chi connectivity index (χ2n) is 2.49. The van der Waals surface area contributed by atoms with Crippen molar-refractivity contribution in [3.8, 4) is 0 Å². The first-order chi connectivity index (χ1) is 5.33. The van der Waals surface area contributed by atoms with Crippen LogP contribution >= 0.6 is 12.2 Å². The lowest BCUT2D eigenvalue weighted by molar-refractivity contribution is 0.873. The van der Waals surface area contributed by atoms with Crippen LogP contribution in [0.3, 0.4) is 0 Å². The molecule has 1 nitrogen and oxygen atoms in total. The molecular formula is C9H11NS. The smallest absolute Gasteiger partial charge is 0.0369 e. The van der Waals surface area contributed by atoms with Gasteiger partial charge in [-0.05, 0) is 17.4 Å². The van der Waals surface area contributed by atoms with Crippen LogP contribution in [0.4, 0.5) is 0 Å². The molecule has 1 atom stereocenters. The summed E-state index contributed by atoms with van der Waals surface area (Å²) < 4.78 is 0. The normalized spacial score (nSPS) is 12.5. The summed E-state index contributed by atoms with van der Waals surface area (Å²) in [5.41, 5.74) is 6.88. The van der Waals surface area contributed by atoms with Crippen molar-refractivity contribution in [2.24, 2.45) is 5.73 Å². The van der Waals surface area contributed by atoms with Crippen LogP contribution < -0.4 is 5.73 Å². The maximum absolute atomic E-state index is 5.65. The summed E-state index contributed by atoms with van der Waals surface area (Å²) in [7, 11) is 0. The highest BCUT2D eigenvalue weighted by Gasteiger charge is 1.97. The minimum Gasteiger partial charge on any atom is -0.323 e. The molecule has 58 valence electrons. The molecule has 0 aliphatic rings. The van der Waals surface area contributed by atoms with E-state index in [9.17, 15) is 0 Å². The Balaban J connectivity index is 2.57. The second-order valence-corrected chi connectivity index (χ2v) is 2.76. The van der Waals surface area contributed by atoms with E-state index in [4.69, 9.17) is 18.0 Å². The predicted molar refractivity (Wildman–Crippen MR) is 51.8 cm³/mol. The molecule has 0 aliphatic heterocycles. The van der Waals surface area contributed by atoms with E-state index in [1.54, 1.807) is 5.37 Å². The fraction of sp³-hybridized carbons (Fsp3) is 0.222. The van der Waals surface area contributed by atoms with Gasteiger partial charge in [0.1, 0.15) is 0 Å². The second kappa shape index (κ2) is 4.21. The summed E-state index contributed by atoms with van der Waals surface area (Å²) >= 11 is 4.72. The highest BCUT2D eigenvalue weighted by Crippen LogP contribution is 2.00. The van der Waals surface area contributed by atoms with Gasteiger partial charge in [-0.25, -0.2) is 0 Å². The fourth-order valence-corrected chi connectivity index (χ4v) is 1.03. The van der Waals surface area contributed by atoms with Crippen molar-refractivity contribution in [3.63, 3.8) is 0 Å². The van der Waals surface area contributed by atoms with E-state index < -0.39 is 0 Å². The van der Waals surface area contributed by atoms with Crippen LogP contribution in [0, 0.1) is 0 Å². The van der Waals surface area contributed by atoms with E-state index in [1.807, 2.05) is 18.2 Å². The highest BCUT2D eigenvalue weighted by molar-refractivity contribution is 7.79. The van der Waals surface area contributed by atoms with Crippen LogP contribution in [0.15, 0.2) is 30.3 Å². The van der Waals surface area contributed by atoms with Gasteiger partial charge in [-0.15, -0.1) is 0 Å². The lowest BCUT2D eigenvalue weighted by Gasteiger charge is -2.03. The van der Waals surface area contributed by atoms with Crippen LogP contribution in [0.1, 0.15) is 5.56 Å². The van der Waals surface area contributed by atoms with Crippen LogP contribution in [-0.2, 0) is 6.42 Å². The molecule has 0 saturated heterocycles. The van der Waals surface area contributed by atoms with Gasteiger partial charge in [-0.2, -0.15) is 0 Å². The first-order valence-electron chi connectivity index (χ1n) is 3.57. The monoisotopic (exact) mass is 165 g/mol. The molecule has 0 aromatic heterocycles. The summed E-state index contributed by atoms with van der Waals surface area (Å²) in [6.07, 6.45) is 0.838. The molecule has 0 spiro atoms. The van der Waals surface area contributed by atoms with Gasteiger partial charge in [-0.1, -0.05) is 42.5 Å². The third kappa shape index (κ3) is 2.78. The maximum Gasteiger partial charge on any atom is 0.0369 e. The van der Waals surface area contributed by atoms with Crippen molar-refractivity contribution >= 4 is 17.6 Å². The van der Waals surface area contributed by atoms with E-state index in [0.29, 0.717) is 0 Å². The Hall–Kier alpha value is -0.730. The van der Waals surface area contributed by atoms with Gasteiger partial charge in [0.25, 0.3) is 0 Å². The zero-order valence-electron chi connectivity index (χ0n) is 6.23. The molecule has 11 heavy (non-hydrogen) atoms. The van der Waals surface area contributed by atoms with Crippen molar-refractivity contribution in [1.82, 2.24) is 0 Å². The molecule has 2 N–H and O–H groups in total. The minimum absolute atomic E-state index is 0.00685. The third-order valence-electron chi connectivity index (χ3n) is 1.49. The van der Waals surface area contributed by atoms with E-state index in [-0.39, 0.29) is 6.04 Å². The average molecular weight is 165 g/mol. The number of hydrogen-bond donors (Lipinski definition) is 1. The molecule has 1 rings (SSSR count). The van der Waals surface area contributed by atoms with Gasteiger partial charge in [0.2, 0.25) is 0 Å². The maximum atomic E-state index is 5.65. The van der Waals surface area contributed by atoms with Gasteiger partial charge in [0.15, 0.2) is 0 Å². The molecule has 0 heterocycles. The van der Waals surface area contributed by atoms with Crippen LogP contribution in [-0.4, -0.2) is 11.4 Å². The van der Waals surface area contributed by atoms with Crippen molar-refractivity contribution < 1.29 is 0 Å². The highest BCUT2D eigenvalue weighted by atomic mass is 32.1. The average Bonchev–Trinajstić information content (AvgIpc) is 2.06. The largest absolute Gasteiger partial charge is 0.323 e. The fourth-order valence-electron chi connectivity index (χ4n) is 0.934. The Labute approximate surface area is 72.2 Å². The van der Waals surface area contributed by atoms with E-state index in [2.05, 4.69) is 12.1 Å². The van der Waals surface area contributed by atoms with Gasteiger partial charge < -0.3 is 5.73 Å². The summed E-state index contributed by atoms with van der Waals surface area (Å²) in [5.74, 6) is 0. The van der Waals surface area contributed by atoms with Crippen LogP contribution in [0.2, 0.25) is 0 Å². The number of benzene rings is 1. The molecule has 1 aromatic rings. The first-order valence-corrected chi connectivity index (χ1v) is 4.05. The van der Waals surface area contributed by atoms with Gasteiger partial charge in [0, 0.05) is 6.04 Å². The molecule has 0 bridgehead atoms. The lowest BCUT2D eigenvalue weighted by atomic mass is 10.1. The quantitative estimate of drug-likeness (QED) is 0.688. The molecule has 1 aromatic carbocycles. The standard InChI is InChI=1S/C9H11NS/c10-9(7-11)6-8-4-2-1-3-5-8/h1-5,7,9H,6,10H2. The summed E-state index contributed by atoms with van der Waals surface area (Å²) in [6.45, 7) is 0. The summed E-state index contributed by atoms with van der Waals surface area (Å²) in [4.78, 5) is 0. The molecule has 1 unspecified atom stereocenters. The lowest BCUT2D eigenvalue weighted by Crippen LogP contribution is -2.23. The Kier molecular flexibility index (Phi) is 3.20. The molecule has 0 amide bonds. The van der Waals surface area contributed by atoms with Gasteiger partial charge in [0.05, 0.1) is 0 Å². The predicted octanol–water partition coefficient (Wildman–Crippen LogP) is 1.56. The number of rotatable bonds is 3. The Morgan fingerprint density at radius 3 is 2.55 bits per heavy atom. The van der Waals surface area contributed by atoms with Crippen molar-refractivity contribution in [3.05, 3.63) is 35.9 Å². The zero-order chi connectivity index (χ0) is 8.10. The Morgan fingerprint density at radius 1 is 1.36 bits per heavy atom. The molecule has 0 fully saturated rings. The van der Waals surface area contributed by atoms with Crippen molar-refractivity contribution in [1.29, 1.82) is 0 Å². The third-order valence-corrected chi connectivity index (χ3v) is 1.84. The van der Waals surface area contributed by atoms with Crippen molar-refractivity contribution in [2.45, 2.75) is 12.5 Å². The van der Waals surface area contributed by atoms with Crippen LogP contribution in [0.25, 0.3) is 0 Å². The number of hydrogen-bond acceptors (Lipinski definition) is 2. The van der Waals surface area contributed by atoms with Gasteiger partial charge >= 0.3 is 0 Å². The SMILES string of the molecule is NC(C=S)Cc1ccccc1. The van der Waals surface area contributed by atoms with E-state index >= 15 is 0 Å². The molecular weight excluding hydrogens is 154 g/mol. The molecule has 2 heteroatoms. The molecule has 0 saturated carbocycles. The summed E-state index contributed by atoms with van der Waals surface area (Å²) in [5, 5.41) is 1.60. The molecule has 0 radical (unpaired) electrons. The molecule has 0 aliphatic carbocycles. The van der Waals surface area contributed by atoms with E-state index in [1.165, 1.54) is 5.56 Å². The number of nitrogens with two attached hydrogens (primary N) is 1. The van der Waals surface area contributed by atoms with Crippen LogP contribution in [0.5, 0.6) is 0 Å². The Morgan fingerprint density at radius 2 is 2.00 bits per heavy atom. The minimum atomic E-state index is 0.00685. The van der Waals surface area contributed by atoms with E-state index in [0.717, 1.165) is 6.42 Å².